The van der Waals surface area contributed by atoms with Gasteiger partial charge in [-0.15, -0.1) is 11.3 Å². The van der Waals surface area contributed by atoms with E-state index < -0.39 is 12.1 Å². The molecule has 2 aromatic rings. The van der Waals surface area contributed by atoms with Crippen molar-refractivity contribution in [1.29, 1.82) is 0 Å². The van der Waals surface area contributed by atoms with Crippen LogP contribution < -0.4 is 10.2 Å². The van der Waals surface area contributed by atoms with E-state index in [4.69, 9.17) is 4.74 Å². The van der Waals surface area contributed by atoms with E-state index in [9.17, 15) is 19.2 Å². The molecule has 152 valence electrons. The molecule has 1 atom stereocenters. The summed E-state index contributed by atoms with van der Waals surface area (Å²) in [6.07, 6.45) is -0.264. The van der Waals surface area contributed by atoms with Crippen LogP contribution in [0.3, 0.4) is 0 Å². The third kappa shape index (κ3) is 4.89. The van der Waals surface area contributed by atoms with Gasteiger partial charge in [0.25, 0.3) is 5.91 Å². The lowest BCUT2D eigenvalue weighted by Crippen LogP contribution is -2.29. The first-order valence-corrected chi connectivity index (χ1v) is 10.2. The predicted octanol–water partition coefficient (Wildman–Crippen LogP) is 2.59. The molecule has 8 heteroatoms. The van der Waals surface area contributed by atoms with E-state index in [1.54, 1.807) is 40.6 Å². The second-order valence-electron chi connectivity index (χ2n) is 6.74. The zero-order chi connectivity index (χ0) is 21.0. The van der Waals surface area contributed by atoms with Crippen molar-refractivity contribution in [2.45, 2.75) is 32.8 Å². The fraction of sp³-hybridized carbons (Fsp3) is 0.333. The Morgan fingerprint density at radius 2 is 2.03 bits per heavy atom. The van der Waals surface area contributed by atoms with Crippen molar-refractivity contribution in [2.75, 3.05) is 18.0 Å². The number of thiophene rings is 1. The minimum atomic E-state index is -0.932. The summed E-state index contributed by atoms with van der Waals surface area (Å²) in [5, 5.41) is 4.44. The Balaban J connectivity index is 1.50. The lowest BCUT2D eigenvalue weighted by Gasteiger charge is -2.16. The third-order valence-electron chi connectivity index (χ3n) is 4.68. The van der Waals surface area contributed by atoms with Crippen LogP contribution in [-0.4, -0.2) is 42.8 Å². The lowest BCUT2D eigenvalue weighted by atomic mass is 10.0. The van der Waals surface area contributed by atoms with Gasteiger partial charge in [0.15, 0.2) is 6.10 Å². The van der Waals surface area contributed by atoms with Gasteiger partial charge in [0.2, 0.25) is 11.7 Å². The summed E-state index contributed by atoms with van der Waals surface area (Å²) in [6.45, 7) is 3.78. The molecule has 3 rings (SSSR count). The summed E-state index contributed by atoms with van der Waals surface area (Å²) in [5.41, 5.74) is 2.20. The number of hydrogen-bond acceptors (Lipinski definition) is 6. The van der Waals surface area contributed by atoms with E-state index in [1.165, 1.54) is 25.2 Å². The van der Waals surface area contributed by atoms with Crippen LogP contribution in [0.2, 0.25) is 0 Å². The molecule has 0 saturated carbocycles. The number of anilines is 1. The number of ether oxygens (including phenoxy) is 1. The first kappa shape index (κ1) is 20.7. The van der Waals surface area contributed by atoms with Gasteiger partial charge in [0.1, 0.15) is 0 Å². The zero-order valence-corrected chi connectivity index (χ0v) is 17.1. The summed E-state index contributed by atoms with van der Waals surface area (Å²) in [4.78, 5) is 50.3. The quantitative estimate of drug-likeness (QED) is 0.555. The van der Waals surface area contributed by atoms with Crippen LogP contribution in [0, 0.1) is 0 Å². The summed E-state index contributed by atoms with van der Waals surface area (Å²) in [7, 11) is 0. The number of carbonyl (C=O) groups excluding carboxylic acids is 4. The largest absolute Gasteiger partial charge is 0.454 e. The molecule has 1 aromatic heterocycles. The van der Waals surface area contributed by atoms with Crippen LogP contribution in [-0.2, 0) is 20.7 Å². The van der Waals surface area contributed by atoms with E-state index in [1.807, 2.05) is 0 Å². The maximum Gasteiger partial charge on any atom is 0.308 e. The van der Waals surface area contributed by atoms with Crippen LogP contribution in [0.5, 0.6) is 0 Å². The number of ketones is 1. The van der Waals surface area contributed by atoms with Gasteiger partial charge in [0, 0.05) is 31.3 Å². The Bertz CT molecular complexity index is 939. The van der Waals surface area contributed by atoms with Gasteiger partial charge in [-0.1, -0.05) is 6.07 Å². The first-order valence-electron chi connectivity index (χ1n) is 9.33. The fourth-order valence-corrected chi connectivity index (χ4v) is 3.84. The molecule has 1 N–H and O–H groups in total. The van der Waals surface area contributed by atoms with Gasteiger partial charge in [-0.2, -0.15) is 0 Å². The van der Waals surface area contributed by atoms with E-state index in [0.717, 1.165) is 11.3 Å². The number of fused-ring (bicyclic) bond motifs is 1. The van der Waals surface area contributed by atoms with E-state index in [0.29, 0.717) is 23.4 Å². The summed E-state index contributed by atoms with van der Waals surface area (Å²) in [6, 6.07) is 8.63. The number of hydrogen-bond donors (Lipinski definition) is 1. The molecule has 7 nitrogen and oxygen atoms in total. The molecular weight excluding hydrogens is 392 g/mol. The maximum absolute atomic E-state index is 12.6. The molecular formula is C21H22N2O5S. The van der Waals surface area contributed by atoms with Crippen molar-refractivity contribution in [3.05, 3.63) is 51.7 Å². The number of nitrogens with one attached hydrogen (secondary N) is 1. The summed E-state index contributed by atoms with van der Waals surface area (Å²) >= 11 is 1.32. The van der Waals surface area contributed by atoms with E-state index in [2.05, 4.69) is 5.32 Å². The Hall–Kier alpha value is -3.00. The van der Waals surface area contributed by atoms with Crippen LogP contribution in [0.1, 0.15) is 45.9 Å². The Kier molecular flexibility index (Phi) is 6.43. The van der Waals surface area contributed by atoms with Gasteiger partial charge >= 0.3 is 5.97 Å². The standard InChI is InChI=1S/C21H22N2O5S/c1-13(28-19(25)7-9-22-21(27)18-4-3-11-29-18)20(26)16-5-6-17-15(12-16)8-10-23(17)14(2)24/h3-6,11-13H,7-10H2,1-2H3,(H,22,27). The third-order valence-corrected chi connectivity index (χ3v) is 5.55. The zero-order valence-electron chi connectivity index (χ0n) is 16.3. The first-order chi connectivity index (χ1) is 13.9. The number of carbonyl (C=O) groups is 4. The molecule has 0 fully saturated rings. The number of Topliss-reactive ketones (excluding diaryl/α,β-unsaturated/α-hetero) is 1. The van der Waals surface area contributed by atoms with Crippen LogP contribution >= 0.6 is 11.3 Å². The highest BCUT2D eigenvalue weighted by molar-refractivity contribution is 7.12. The number of amides is 2. The van der Waals surface area contributed by atoms with Crippen LogP contribution in [0.25, 0.3) is 0 Å². The molecule has 0 aliphatic carbocycles. The van der Waals surface area contributed by atoms with Gasteiger partial charge in [-0.05, 0) is 48.6 Å². The number of rotatable bonds is 7. The monoisotopic (exact) mass is 414 g/mol. The molecule has 0 radical (unpaired) electrons. The molecule has 0 spiro atoms. The molecule has 2 heterocycles. The minimum absolute atomic E-state index is 0.0213. The topological polar surface area (TPSA) is 92.8 Å². The second-order valence-corrected chi connectivity index (χ2v) is 7.69. The number of benzene rings is 1. The summed E-state index contributed by atoms with van der Waals surface area (Å²) < 4.78 is 5.22. The van der Waals surface area contributed by atoms with Crippen molar-refractivity contribution < 1.29 is 23.9 Å². The molecule has 1 aromatic carbocycles. The second kappa shape index (κ2) is 9.00. The van der Waals surface area contributed by atoms with Crippen LogP contribution in [0.4, 0.5) is 5.69 Å². The van der Waals surface area contributed by atoms with Crippen molar-refractivity contribution in [1.82, 2.24) is 5.32 Å². The predicted molar refractivity (Wildman–Crippen MR) is 109 cm³/mol. The molecule has 2 amide bonds. The van der Waals surface area contributed by atoms with Gasteiger partial charge in [-0.25, -0.2) is 0 Å². The minimum Gasteiger partial charge on any atom is -0.454 e. The highest BCUT2D eigenvalue weighted by Crippen LogP contribution is 2.29. The normalized spacial score (nSPS) is 13.5. The van der Waals surface area contributed by atoms with Crippen molar-refractivity contribution in [3.8, 4) is 0 Å². The molecule has 0 saturated heterocycles. The van der Waals surface area contributed by atoms with Crippen molar-refractivity contribution in [3.63, 3.8) is 0 Å². The maximum atomic E-state index is 12.6. The van der Waals surface area contributed by atoms with Gasteiger partial charge in [-0.3, -0.25) is 19.2 Å². The Morgan fingerprint density at radius 3 is 2.72 bits per heavy atom. The molecule has 1 aliphatic heterocycles. The van der Waals surface area contributed by atoms with Gasteiger partial charge < -0.3 is 15.0 Å². The Morgan fingerprint density at radius 1 is 1.24 bits per heavy atom. The molecule has 1 aliphatic rings. The molecule has 29 heavy (non-hydrogen) atoms. The molecule has 1 unspecified atom stereocenters. The van der Waals surface area contributed by atoms with E-state index >= 15 is 0 Å². The summed E-state index contributed by atoms with van der Waals surface area (Å²) in [5.74, 6) is -1.13. The smallest absolute Gasteiger partial charge is 0.308 e. The average molecular weight is 414 g/mol. The lowest BCUT2D eigenvalue weighted by molar-refractivity contribution is -0.146. The van der Waals surface area contributed by atoms with E-state index in [-0.39, 0.29) is 30.6 Å². The molecule has 0 bridgehead atoms. The SMILES string of the molecule is CC(=O)N1CCc2cc(C(=O)C(C)OC(=O)CCNC(=O)c3cccs3)ccc21. The number of esters is 1. The number of nitrogens with zero attached hydrogens (tertiary/aromatic N) is 1. The van der Waals surface area contributed by atoms with Crippen LogP contribution in [0.15, 0.2) is 35.7 Å². The fourth-order valence-electron chi connectivity index (χ4n) is 3.20. The Labute approximate surface area is 172 Å². The highest BCUT2D eigenvalue weighted by atomic mass is 32.1. The van der Waals surface area contributed by atoms with Crippen molar-refractivity contribution in [2.24, 2.45) is 0 Å². The van der Waals surface area contributed by atoms with Gasteiger partial charge in [0.05, 0.1) is 11.3 Å². The van der Waals surface area contributed by atoms with Crippen molar-refractivity contribution >= 4 is 40.6 Å². The highest BCUT2D eigenvalue weighted by Gasteiger charge is 2.25. The average Bonchev–Trinajstić information content (AvgIpc) is 3.36.